The summed E-state index contributed by atoms with van der Waals surface area (Å²) in [6.45, 7) is 3.68. The molecule has 11 atom stereocenters. The van der Waals surface area contributed by atoms with E-state index in [0.717, 1.165) is 57.8 Å². The van der Waals surface area contributed by atoms with Crippen molar-refractivity contribution in [3.05, 3.63) is 12.2 Å². The molecule has 2 aliphatic heterocycles. The first-order chi connectivity index (χ1) is 34.6. The lowest BCUT2D eigenvalue weighted by atomic mass is 9.98. The molecule has 14 nitrogen and oxygen atoms in total. The van der Waals surface area contributed by atoms with Crippen molar-refractivity contribution in [2.75, 3.05) is 33.0 Å². The van der Waals surface area contributed by atoms with Gasteiger partial charge >= 0.3 is 5.97 Å². The summed E-state index contributed by atoms with van der Waals surface area (Å²) in [6, 6.07) is 0. The van der Waals surface area contributed by atoms with Crippen LogP contribution in [0, 0.1) is 0 Å². The fraction of sp³-hybridized carbons (Fsp3) is 0.947. The first kappa shape index (κ1) is 65.8. The molecule has 7 N–H and O–H groups in total. The van der Waals surface area contributed by atoms with Crippen molar-refractivity contribution < 1.29 is 69.0 Å². The van der Waals surface area contributed by atoms with Crippen LogP contribution < -0.4 is 0 Å². The van der Waals surface area contributed by atoms with Crippen LogP contribution in [0.5, 0.6) is 0 Å². The van der Waals surface area contributed by atoms with Gasteiger partial charge in [0, 0.05) is 13.0 Å². The number of hydrogen-bond acceptors (Lipinski definition) is 14. The quantitative estimate of drug-likeness (QED) is 0.0172. The molecule has 2 aliphatic rings. The number of ether oxygens (including phenoxy) is 6. The minimum Gasteiger partial charge on any atom is -0.457 e. The summed E-state index contributed by atoms with van der Waals surface area (Å²) >= 11 is 0. The van der Waals surface area contributed by atoms with Crippen molar-refractivity contribution in [1.29, 1.82) is 0 Å². The Morgan fingerprint density at radius 3 is 1.32 bits per heavy atom. The van der Waals surface area contributed by atoms with E-state index in [4.69, 9.17) is 28.4 Å². The summed E-state index contributed by atoms with van der Waals surface area (Å²) in [6.07, 6.45) is 33.0. The molecule has 14 heteroatoms. The third kappa shape index (κ3) is 32.0. The number of carbonyl (C=O) groups excluding carboxylic acids is 1. The summed E-state index contributed by atoms with van der Waals surface area (Å²) in [7, 11) is 0. The Balaban J connectivity index is 1.64. The summed E-state index contributed by atoms with van der Waals surface area (Å²) in [4.78, 5) is 13.0. The lowest BCUT2D eigenvalue weighted by molar-refractivity contribution is -0.332. The van der Waals surface area contributed by atoms with Gasteiger partial charge in [-0.2, -0.15) is 0 Å². The Hall–Kier alpha value is -1.27. The van der Waals surface area contributed by atoms with Gasteiger partial charge in [-0.05, 0) is 32.1 Å². The maximum absolute atomic E-state index is 13.0. The molecular formula is C57H108O14. The second-order valence-electron chi connectivity index (χ2n) is 20.8. The van der Waals surface area contributed by atoms with Crippen LogP contribution in [0.1, 0.15) is 245 Å². The van der Waals surface area contributed by atoms with Crippen LogP contribution in [0.25, 0.3) is 0 Å². The third-order valence-corrected chi connectivity index (χ3v) is 14.3. The lowest BCUT2D eigenvalue weighted by Crippen LogP contribution is -2.61. The van der Waals surface area contributed by atoms with Gasteiger partial charge in [-0.25, -0.2) is 0 Å². The molecule has 0 aliphatic carbocycles. The van der Waals surface area contributed by atoms with Gasteiger partial charge in [-0.15, -0.1) is 0 Å². The molecule has 0 aromatic rings. The molecule has 71 heavy (non-hydrogen) atoms. The van der Waals surface area contributed by atoms with Gasteiger partial charge < -0.3 is 64.2 Å². The molecule has 0 amide bonds. The first-order valence-corrected chi connectivity index (χ1v) is 29.3. The van der Waals surface area contributed by atoms with E-state index in [-0.39, 0.29) is 25.6 Å². The Bertz CT molecular complexity index is 1230. The van der Waals surface area contributed by atoms with Gasteiger partial charge in [0.05, 0.1) is 26.4 Å². The molecule has 420 valence electrons. The van der Waals surface area contributed by atoms with Crippen molar-refractivity contribution in [3.8, 4) is 0 Å². The van der Waals surface area contributed by atoms with E-state index in [1.165, 1.54) is 161 Å². The predicted molar refractivity (Wildman–Crippen MR) is 280 cm³/mol. The van der Waals surface area contributed by atoms with Crippen molar-refractivity contribution in [1.82, 2.24) is 0 Å². The maximum Gasteiger partial charge on any atom is 0.306 e. The molecule has 0 aromatic heterocycles. The SMILES string of the molecule is CCCC/C=C\CCCCCCCC(=O)OC(COCCCCCCCCCCCCCCCCCCCCCCCCCCCC)COC1OC(COC2OC(CO)C(O)C(O)C2O)C(O)C(O)C1O. The summed E-state index contributed by atoms with van der Waals surface area (Å²) in [5.41, 5.74) is 0. The smallest absolute Gasteiger partial charge is 0.306 e. The van der Waals surface area contributed by atoms with Crippen LogP contribution in [0.4, 0.5) is 0 Å². The van der Waals surface area contributed by atoms with Crippen LogP contribution in [-0.2, 0) is 33.2 Å². The van der Waals surface area contributed by atoms with Crippen molar-refractivity contribution in [2.24, 2.45) is 0 Å². The Morgan fingerprint density at radius 2 is 0.845 bits per heavy atom. The minimum absolute atomic E-state index is 0.0641. The van der Waals surface area contributed by atoms with Crippen molar-refractivity contribution in [3.63, 3.8) is 0 Å². The molecule has 2 heterocycles. The highest BCUT2D eigenvalue weighted by molar-refractivity contribution is 5.69. The fourth-order valence-corrected chi connectivity index (χ4v) is 9.50. The van der Waals surface area contributed by atoms with Crippen molar-refractivity contribution >= 4 is 5.97 Å². The zero-order valence-corrected chi connectivity index (χ0v) is 45.0. The standard InChI is InChI=1S/C57H108O14/c1-3-5-7-9-11-13-15-16-17-18-19-20-21-22-23-24-25-26-27-28-29-31-33-35-37-39-41-66-43-46(69-49(59)40-38-36-34-32-30-14-12-10-8-6-4-2)44-67-56-55(65)53(63)51(61)48(71-56)45-68-57-54(64)52(62)50(60)47(42-58)70-57/h10,12,46-48,50-58,60-65H,3-9,11,13-45H2,1-2H3/b12-10-. The average molecular weight is 1020 g/mol. The molecule has 2 fully saturated rings. The number of allylic oxidation sites excluding steroid dienone is 2. The van der Waals surface area contributed by atoms with Crippen LogP contribution in [-0.4, -0.2) is 142 Å². The van der Waals surface area contributed by atoms with E-state index < -0.39 is 80.7 Å². The Morgan fingerprint density at radius 1 is 0.451 bits per heavy atom. The summed E-state index contributed by atoms with van der Waals surface area (Å²) in [5.74, 6) is -0.382. The zero-order valence-electron chi connectivity index (χ0n) is 45.0. The van der Waals surface area contributed by atoms with Gasteiger partial charge in [0.25, 0.3) is 0 Å². The first-order valence-electron chi connectivity index (χ1n) is 29.3. The summed E-state index contributed by atoms with van der Waals surface area (Å²) in [5, 5.41) is 72.2. The second kappa shape index (κ2) is 45.0. The largest absolute Gasteiger partial charge is 0.457 e. The van der Waals surface area contributed by atoms with Gasteiger partial charge in [0.15, 0.2) is 12.6 Å². The molecular weight excluding hydrogens is 909 g/mol. The molecule has 0 radical (unpaired) electrons. The number of carbonyl (C=O) groups is 1. The van der Waals surface area contributed by atoms with Gasteiger partial charge in [-0.1, -0.05) is 219 Å². The maximum atomic E-state index is 13.0. The van der Waals surface area contributed by atoms with Crippen LogP contribution in [0.2, 0.25) is 0 Å². The highest BCUT2D eigenvalue weighted by Crippen LogP contribution is 2.27. The molecule has 11 unspecified atom stereocenters. The number of esters is 1. The molecule has 0 saturated carbocycles. The monoisotopic (exact) mass is 1020 g/mol. The topological polar surface area (TPSA) is 214 Å². The van der Waals surface area contributed by atoms with E-state index in [1.807, 2.05) is 0 Å². The van der Waals surface area contributed by atoms with E-state index in [2.05, 4.69) is 26.0 Å². The zero-order chi connectivity index (χ0) is 51.6. The fourth-order valence-electron chi connectivity index (χ4n) is 9.50. The average Bonchev–Trinajstić information content (AvgIpc) is 3.37. The molecule has 2 rings (SSSR count). The van der Waals surface area contributed by atoms with Gasteiger partial charge in [-0.3, -0.25) is 4.79 Å². The third-order valence-electron chi connectivity index (χ3n) is 14.3. The van der Waals surface area contributed by atoms with E-state index in [1.54, 1.807) is 0 Å². The Labute approximate surface area is 431 Å². The summed E-state index contributed by atoms with van der Waals surface area (Å²) < 4.78 is 34.3. The van der Waals surface area contributed by atoms with Crippen LogP contribution >= 0.6 is 0 Å². The van der Waals surface area contributed by atoms with E-state index in [0.29, 0.717) is 13.0 Å². The number of hydrogen-bond donors (Lipinski definition) is 7. The van der Waals surface area contributed by atoms with Gasteiger partial charge in [0.2, 0.25) is 0 Å². The molecule has 0 spiro atoms. The van der Waals surface area contributed by atoms with Crippen molar-refractivity contribution in [2.45, 2.75) is 313 Å². The van der Waals surface area contributed by atoms with Crippen LogP contribution in [0.15, 0.2) is 12.2 Å². The number of rotatable bonds is 48. The number of aliphatic hydroxyl groups is 7. The number of aliphatic hydroxyl groups excluding tert-OH is 7. The van der Waals surface area contributed by atoms with Gasteiger partial charge in [0.1, 0.15) is 54.9 Å². The lowest BCUT2D eigenvalue weighted by Gasteiger charge is -2.42. The normalized spacial score (nSPS) is 25.3. The molecule has 0 bridgehead atoms. The highest BCUT2D eigenvalue weighted by Gasteiger charge is 2.47. The van der Waals surface area contributed by atoms with E-state index >= 15 is 0 Å². The predicted octanol–water partition coefficient (Wildman–Crippen LogP) is 10.2. The number of unbranched alkanes of at least 4 members (excludes halogenated alkanes) is 32. The van der Waals surface area contributed by atoms with Crippen LogP contribution in [0.3, 0.4) is 0 Å². The molecule has 0 aromatic carbocycles. The Kier molecular flexibility index (Phi) is 41.7. The highest BCUT2D eigenvalue weighted by atomic mass is 16.7. The second-order valence-corrected chi connectivity index (χ2v) is 20.8. The molecule has 2 saturated heterocycles. The minimum atomic E-state index is -1.70. The van der Waals surface area contributed by atoms with E-state index in [9.17, 15) is 40.5 Å².